The summed E-state index contributed by atoms with van der Waals surface area (Å²) in [5.41, 5.74) is 2.01. The van der Waals surface area contributed by atoms with Gasteiger partial charge in [0.15, 0.2) is 22.5 Å². The van der Waals surface area contributed by atoms with Gasteiger partial charge in [-0.05, 0) is 43.0 Å². The van der Waals surface area contributed by atoms with E-state index < -0.39 is 11.6 Å². The van der Waals surface area contributed by atoms with Gasteiger partial charge < -0.3 is 9.47 Å². The van der Waals surface area contributed by atoms with Gasteiger partial charge in [0.1, 0.15) is 18.1 Å². The van der Waals surface area contributed by atoms with Gasteiger partial charge in [0, 0.05) is 23.1 Å². The molecule has 0 radical (unpaired) electrons. The Morgan fingerprint density at radius 1 is 0.977 bits per heavy atom. The first-order valence-electron chi connectivity index (χ1n) is 14.0. The average molecular weight is 602 g/mol. The Balaban J connectivity index is 1.12. The zero-order chi connectivity index (χ0) is 29.4. The number of benzene rings is 2. The van der Waals surface area contributed by atoms with Crippen LogP contribution in [0.5, 0.6) is 5.75 Å². The van der Waals surface area contributed by atoms with E-state index in [-0.39, 0.29) is 28.9 Å². The molecule has 0 spiro atoms. The van der Waals surface area contributed by atoms with Crippen LogP contribution in [0.2, 0.25) is 0 Å². The predicted octanol–water partition coefficient (Wildman–Crippen LogP) is 6.20. The lowest BCUT2D eigenvalue weighted by Crippen LogP contribution is -2.10. The smallest absolute Gasteiger partial charge is 0.196 e. The van der Waals surface area contributed by atoms with E-state index in [2.05, 4.69) is 37.5 Å². The summed E-state index contributed by atoms with van der Waals surface area (Å²) in [4.78, 5) is 5.61. The second kappa shape index (κ2) is 13.7. The Kier molecular flexibility index (Phi) is 9.14. The third-order valence-corrected chi connectivity index (χ3v) is 7.98. The van der Waals surface area contributed by atoms with Gasteiger partial charge >= 0.3 is 0 Å². The normalized spacial score (nSPS) is 14.7. The summed E-state index contributed by atoms with van der Waals surface area (Å²) in [7, 11) is 0. The minimum absolute atomic E-state index is 0.0148. The number of ether oxygens (including phenoxy) is 2. The van der Waals surface area contributed by atoms with E-state index in [9.17, 15) is 0 Å². The van der Waals surface area contributed by atoms with Crippen LogP contribution in [0, 0.1) is 11.6 Å². The van der Waals surface area contributed by atoms with Gasteiger partial charge in [0.2, 0.25) is 0 Å². The summed E-state index contributed by atoms with van der Waals surface area (Å²) in [5, 5.41) is 18.1. The summed E-state index contributed by atoms with van der Waals surface area (Å²) < 4.78 is 43.5. The second-order valence-electron chi connectivity index (χ2n) is 9.88. The van der Waals surface area contributed by atoms with Crippen molar-refractivity contribution in [3.8, 4) is 22.7 Å². The maximum Gasteiger partial charge on any atom is 0.196 e. The molecule has 3 aromatic heterocycles. The molecule has 1 unspecified atom stereocenters. The molecule has 9 nitrogen and oxygen atoms in total. The number of allylic oxidation sites excluding steroid dienone is 1. The fourth-order valence-electron chi connectivity index (χ4n) is 4.65. The van der Waals surface area contributed by atoms with E-state index in [0.717, 1.165) is 42.6 Å². The molecule has 2 aromatic carbocycles. The van der Waals surface area contributed by atoms with Crippen molar-refractivity contribution in [2.24, 2.45) is 0 Å². The van der Waals surface area contributed by atoms with Gasteiger partial charge in [-0.3, -0.25) is 9.55 Å². The highest BCUT2D eigenvalue weighted by molar-refractivity contribution is 7.99. The Morgan fingerprint density at radius 2 is 1.88 bits per heavy atom. The Labute approximate surface area is 251 Å². The van der Waals surface area contributed by atoms with E-state index in [1.165, 1.54) is 11.0 Å². The van der Waals surface area contributed by atoms with E-state index in [1.54, 1.807) is 24.2 Å². The molecule has 3 heterocycles. The fourth-order valence-corrected chi connectivity index (χ4v) is 5.80. The number of pyridine rings is 1. The quantitative estimate of drug-likeness (QED) is 0.123. The number of nitrogens with zero attached hydrogens (tertiary/aromatic N) is 7. The number of hydrogen-bond acceptors (Lipinski definition) is 8. The number of hydrogen-bond donors (Lipinski definition) is 0. The molecule has 0 fully saturated rings. The highest BCUT2D eigenvalue weighted by Gasteiger charge is 2.21. The van der Waals surface area contributed by atoms with Gasteiger partial charge in [-0.25, -0.2) is 8.78 Å². The van der Waals surface area contributed by atoms with Crippen molar-refractivity contribution in [1.82, 2.24) is 34.7 Å². The van der Waals surface area contributed by atoms with E-state index >= 15 is 8.78 Å². The van der Waals surface area contributed by atoms with Crippen molar-refractivity contribution >= 4 is 11.8 Å². The van der Waals surface area contributed by atoms with E-state index in [1.807, 2.05) is 47.0 Å². The zero-order valence-corrected chi connectivity index (χ0v) is 24.0. The van der Waals surface area contributed by atoms with E-state index in [4.69, 9.17) is 9.47 Å². The summed E-state index contributed by atoms with van der Waals surface area (Å²) in [5.74, 6) is -1.21. The molecule has 0 N–H and O–H groups in total. The van der Waals surface area contributed by atoms with Gasteiger partial charge in [-0.15, -0.1) is 10.2 Å². The van der Waals surface area contributed by atoms with Crippen LogP contribution < -0.4 is 4.74 Å². The van der Waals surface area contributed by atoms with Crippen LogP contribution in [0.3, 0.4) is 0 Å². The molecule has 0 bridgehead atoms. The molecule has 6 rings (SSSR count). The van der Waals surface area contributed by atoms with Crippen LogP contribution in [0.1, 0.15) is 30.7 Å². The predicted molar refractivity (Wildman–Crippen MR) is 158 cm³/mol. The number of halogens is 2. The molecule has 1 aliphatic rings. The Morgan fingerprint density at radius 3 is 2.70 bits per heavy atom. The summed E-state index contributed by atoms with van der Waals surface area (Å²) >= 11 is 1.60. The molecule has 43 heavy (non-hydrogen) atoms. The molecule has 0 saturated carbocycles. The molecule has 220 valence electrons. The molecule has 12 heteroatoms. The van der Waals surface area contributed by atoms with Crippen LogP contribution >= 0.6 is 11.8 Å². The number of rotatable bonds is 12. The van der Waals surface area contributed by atoms with Crippen molar-refractivity contribution in [1.29, 1.82) is 0 Å². The lowest BCUT2D eigenvalue weighted by molar-refractivity contribution is 0.108. The molecule has 0 aliphatic heterocycles. The first kappa shape index (κ1) is 28.7. The monoisotopic (exact) mass is 601 g/mol. The molecule has 0 saturated heterocycles. The maximum absolute atomic E-state index is 15.2. The van der Waals surface area contributed by atoms with Gasteiger partial charge in [0.25, 0.3) is 0 Å². The molecule has 1 atom stereocenters. The van der Waals surface area contributed by atoms with Crippen molar-refractivity contribution in [3.05, 3.63) is 108 Å². The standard InChI is InChI=1S/C31H29F2N7O2S/c32-26-17-29(27(33)16-25(26)28-19-35-39(38-28)14-15-41-20-22-8-3-1-4-9-22)42-21-30-36-37-31(43-24-11-5-2-6-12-24)40(30)23-10-7-13-34-18-23/h1,3-5,7-11,13,16-19,24H,2,6,12,14-15,20-21H2. The van der Waals surface area contributed by atoms with Gasteiger partial charge in [-0.1, -0.05) is 54.2 Å². The zero-order valence-electron chi connectivity index (χ0n) is 23.2. The molecule has 1 aliphatic carbocycles. The van der Waals surface area contributed by atoms with E-state index in [0.29, 0.717) is 30.7 Å². The largest absolute Gasteiger partial charge is 0.482 e. The van der Waals surface area contributed by atoms with Crippen LogP contribution in [-0.4, -0.2) is 46.6 Å². The van der Waals surface area contributed by atoms with Gasteiger partial charge in [-0.2, -0.15) is 15.0 Å². The topological polar surface area (TPSA) is 92.8 Å². The molecular formula is C31H29F2N7O2S. The van der Waals surface area contributed by atoms with Crippen LogP contribution in [0.25, 0.3) is 16.9 Å². The maximum atomic E-state index is 15.2. The molecule has 0 amide bonds. The third-order valence-electron chi connectivity index (χ3n) is 6.81. The van der Waals surface area contributed by atoms with Crippen molar-refractivity contribution in [3.63, 3.8) is 0 Å². The molecule has 5 aromatic rings. The third kappa shape index (κ3) is 7.15. The van der Waals surface area contributed by atoms with Crippen molar-refractivity contribution < 1.29 is 18.3 Å². The minimum Gasteiger partial charge on any atom is -0.482 e. The molecular weight excluding hydrogens is 572 g/mol. The first-order chi connectivity index (χ1) is 21.1. The van der Waals surface area contributed by atoms with Crippen LogP contribution in [0.4, 0.5) is 8.78 Å². The number of thioether (sulfide) groups is 1. The summed E-state index contributed by atoms with van der Waals surface area (Å²) in [6.45, 7) is 1.07. The summed E-state index contributed by atoms with van der Waals surface area (Å²) in [6, 6.07) is 15.6. The van der Waals surface area contributed by atoms with Crippen LogP contribution in [-0.2, 0) is 24.5 Å². The lowest BCUT2D eigenvalue weighted by Gasteiger charge is -2.16. The average Bonchev–Trinajstić information content (AvgIpc) is 3.68. The highest BCUT2D eigenvalue weighted by atomic mass is 32.2. The van der Waals surface area contributed by atoms with Crippen LogP contribution in [0.15, 0.2) is 90.5 Å². The first-order valence-corrected chi connectivity index (χ1v) is 14.8. The highest BCUT2D eigenvalue weighted by Crippen LogP contribution is 2.32. The van der Waals surface area contributed by atoms with Crippen molar-refractivity contribution in [2.45, 2.75) is 49.4 Å². The minimum atomic E-state index is -0.730. The fraction of sp³-hybridized carbons (Fsp3) is 0.258. The Hall–Kier alpha value is -4.42. The lowest BCUT2D eigenvalue weighted by atomic mass is 10.1. The van der Waals surface area contributed by atoms with Crippen molar-refractivity contribution in [2.75, 3.05) is 6.61 Å². The van der Waals surface area contributed by atoms with Gasteiger partial charge in [0.05, 0.1) is 37.8 Å². The second-order valence-corrected chi connectivity index (χ2v) is 11.1. The summed E-state index contributed by atoms with van der Waals surface area (Å²) in [6.07, 6.45) is 12.4. The SMILES string of the molecule is Fc1cc(-c2cnn(CCOCc3ccccc3)n2)c(F)cc1OCc1nnc(SC2C=CCCC2)n1-c1cccnc1. The Bertz CT molecular complexity index is 1680. The number of aromatic nitrogens is 7.